The van der Waals surface area contributed by atoms with Crippen LogP contribution in [-0.4, -0.2) is 23.9 Å². The molecule has 0 amide bonds. The number of carbonyl (C=O) groups excluding carboxylic acids is 1. The van der Waals surface area contributed by atoms with Gasteiger partial charge in [-0.05, 0) is 25.7 Å². The topological polar surface area (TPSA) is 52.3 Å². The van der Waals surface area contributed by atoms with Crippen LogP contribution < -0.4 is 5.73 Å². The summed E-state index contributed by atoms with van der Waals surface area (Å²) < 4.78 is 5.15. The molecule has 0 spiro atoms. The molecule has 70 valence electrons. The van der Waals surface area contributed by atoms with Gasteiger partial charge in [0, 0.05) is 5.75 Å². The first-order valence-electron chi connectivity index (χ1n) is 4.31. The number of rotatable bonds is 3. The van der Waals surface area contributed by atoms with Gasteiger partial charge in [0.25, 0.3) is 0 Å². The van der Waals surface area contributed by atoms with Crippen LogP contribution in [0.4, 0.5) is 0 Å². The average molecular weight is 189 g/mol. The zero-order chi connectivity index (χ0) is 8.97. The Hall–Kier alpha value is -0.220. The molecule has 0 radical (unpaired) electrons. The van der Waals surface area contributed by atoms with Crippen LogP contribution in [0, 0.1) is 0 Å². The number of hydrogen-bond donors (Lipinski definition) is 2. The van der Waals surface area contributed by atoms with E-state index < -0.39 is 6.04 Å². The molecule has 0 aromatic heterocycles. The molecule has 0 heterocycles. The third kappa shape index (κ3) is 2.68. The standard InChI is InChI=1S/C8H15NO2S/c9-7(5-12)8(10)11-6-3-1-2-4-6/h6-7,12H,1-5,9H2/t7-/m0/s1. The van der Waals surface area contributed by atoms with Crippen molar-refractivity contribution in [2.24, 2.45) is 5.73 Å². The fourth-order valence-corrected chi connectivity index (χ4v) is 1.48. The second kappa shape index (κ2) is 4.72. The molecule has 4 heteroatoms. The van der Waals surface area contributed by atoms with Gasteiger partial charge in [0.05, 0.1) is 0 Å². The molecular formula is C8H15NO2S. The van der Waals surface area contributed by atoms with E-state index in [0.29, 0.717) is 5.75 Å². The van der Waals surface area contributed by atoms with E-state index in [1.165, 1.54) is 0 Å². The van der Waals surface area contributed by atoms with Gasteiger partial charge in [-0.3, -0.25) is 4.79 Å². The van der Waals surface area contributed by atoms with E-state index in [2.05, 4.69) is 12.6 Å². The van der Waals surface area contributed by atoms with Crippen LogP contribution >= 0.6 is 12.6 Å². The van der Waals surface area contributed by atoms with Gasteiger partial charge in [0.1, 0.15) is 12.1 Å². The summed E-state index contributed by atoms with van der Waals surface area (Å²) in [6.45, 7) is 0. The van der Waals surface area contributed by atoms with Crippen molar-refractivity contribution in [1.29, 1.82) is 0 Å². The molecule has 0 saturated heterocycles. The van der Waals surface area contributed by atoms with E-state index in [4.69, 9.17) is 10.5 Å². The highest BCUT2D eigenvalue weighted by Gasteiger charge is 2.21. The summed E-state index contributed by atoms with van der Waals surface area (Å²) >= 11 is 3.93. The van der Waals surface area contributed by atoms with Crippen LogP contribution in [0.5, 0.6) is 0 Å². The van der Waals surface area contributed by atoms with Gasteiger partial charge >= 0.3 is 5.97 Å². The summed E-state index contributed by atoms with van der Waals surface area (Å²) in [6.07, 6.45) is 4.42. The molecule has 2 N–H and O–H groups in total. The molecule has 1 saturated carbocycles. The molecule has 1 rings (SSSR count). The van der Waals surface area contributed by atoms with E-state index >= 15 is 0 Å². The Balaban J connectivity index is 2.25. The quantitative estimate of drug-likeness (QED) is 0.508. The molecule has 0 aliphatic heterocycles. The lowest BCUT2D eigenvalue weighted by Gasteiger charge is -2.13. The summed E-state index contributed by atoms with van der Waals surface area (Å²) in [7, 11) is 0. The van der Waals surface area contributed by atoms with Crippen LogP contribution in [0.1, 0.15) is 25.7 Å². The predicted molar refractivity (Wildman–Crippen MR) is 50.2 cm³/mol. The van der Waals surface area contributed by atoms with Crippen molar-refractivity contribution in [3.8, 4) is 0 Å². The van der Waals surface area contributed by atoms with E-state index in [1.54, 1.807) is 0 Å². The Morgan fingerprint density at radius 2 is 2.17 bits per heavy atom. The lowest BCUT2D eigenvalue weighted by Crippen LogP contribution is -2.35. The first-order valence-corrected chi connectivity index (χ1v) is 4.94. The highest BCUT2D eigenvalue weighted by atomic mass is 32.1. The van der Waals surface area contributed by atoms with Crippen LogP contribution in [0.25, 0.3) is 0 Å². The SMILES string of the molecule is N[C@@H](CS)C(=O)OC1CCCC1. The summed E-state index contributed by atoms with van der Waals surface area (Å²) in [5.41, 5.74) is 5.44. The Morgan fingerprint density at radius 1 is 1.58 bits per heavy atom. The normalized spacial score (nSPS) is 20.8. The minimum absolute atomic E-state index is 0.114. The van der Waals surface area contributed by atoms with Crippen molar-refractivity contribution in [2.75, 3.05) is 5.75 Å². The number of esters is 1. The second-order valence-electron chi connectivity index (χ2n) is 3.13. The van der Waals surface area contributed by atoms with Gasteiger partial charge < -0.3 is 10.5 Å². The van der Waals surface area contributed by atoms with Crippen molar-refractivity contribution in [2.45, 2.75) is 37.8 Å². The van der Waals surface area contributed by atoms with Gasteiger partial charge in [0.2, 0.25) is 0 Å². The third-order valence-electron chi connectivity index (χ3n) is 2.08. The highest BCUT2D eigenvalue weighted by molar-refractivity contribution is 7.80. The van der Waals surface area contributed by atoms with Gasteiger partial charge in [-0.25, -0.2) is 0 Å². The van der Waals surface area contributed by atoms with E-state index in [9.17, 15) is 4.79 Å². The summed E-state index contributed by atoms with van der Waals surface area (Å²) in [5, 5.41) is 0. The maximum atomic E-state index is 11.1. The van der Waals surface area contributed by atoms with Crippen molar-refractivity contribution in [3.63, 3.8) is 0 Å². The van der Waals surface area contributed by atoms with Crippen molar-refractivity contribution < 1.29 is 9.53 Å². The molecule has 3 nitrogen and oxygen atoms in total. The molecule has 0 aromatic rings. The van der Waals surface area contributed by atoms with E-state index in [0.717, 1.165) is 25.7 Å². The fourth-order valence-electron chi connectivity index (χ4n) is 1.33. The second-order valence-corrected chi connectivity index (χ2v) is 3.50. The minimum atomic E-state index is -0.561. The van der Waals surface area contributed by atoms with Crippen LogP contribution in [-0.2, 0) is 9.53 Å². The minimum Gasteiger partial charge on any atom is -0.461 e. The zero-order valence-corrected chi connectivity index (χ0v) is 7.93. The Labute approximate surface area is 78.1 Å². The first kappa shape index (κ1) is 9.86. The monoisotopic (exact) mass is 189 g/mol. The van der Waals surface area contributed by atoms with E-state index in [1.807, 2.05) is 0 Å². The largest absolute Gasteiger partial charge is 0.461 e. The summed E-state index contributed by atoms with van der Waals surface area (Å²) in [5.74, 6) is 0.0443. The maximum absolute atomic E-state index is 11.1. The predicted octanol–water partition coefficient (Wildman–Crippen LogP) is 0.729. The molecule has 1 atom stereocenters. The first-order chi connectivity index (χ1) is 5.74. The van der Waals surface area contributed by atoms with Gasteiger partial charge in [-0.15, -0.1) is 0 Å². The molecule has 1 aliphatic rings. The van der Waals surface area contributed by atoms with Crippen molar-refractivity contribution in [3.05, 3.63) is 0 Å². The number of carbonyl (C=O) groups is 1. The lowest BCUT2D eigenvalue weighted by molar-refractivity contribution is -0.149. The molecule has 0 bridgehead atoms. The number of hydrogen-bond acceptors (Lipinski definition) is 4. The van der Waals surface area contributed by atoms with Crippen molar-refractivity contribution in [1.82, 2.24) is 0 Å². The molecule has 12 heavy (non-hydrogen) atoms. The molecule has 1 aliphatic carbocycles. The summed E-state index contributed by atoms with van der Waals surface area (Å²) in [6, 6.07) is -0.561. The van der Waals surface area contributed by atoms with Crippen LogP contribution in [0.3, 0.4) is 0 Å². The molecule has 0 unspecified atom stereocenters. The Kier molecular flexibility index (Phi) is 3.88. The van der Waals surface area contributed by atoms with Gasteiger partial charge in [0.15, 0.2) is 0 Å². The number of nitrogens with two attached hydrogens (primary N) is 1. The smallest absolute Gasteiger partial charge is 0.324 e. The molecule has 0 aromatic carbocycles. The van der Waals surface area contributed by atoms with E-state index in [-0.39, 0.29) is 12.1 Å². The molecule has 1 fully saturated rings. The Bertz CT molecular complexity index is 157. The summed E-state index contributed by atoms with van der Waals surface area (Å²) in [4.78, 5) is 11.1. The van der Waals surface area contributed by atoms with Crippen molar-refractivity contribution >= 4 is 18.6 Å². The number of ether oxygens (including phenoxy) is 1. The lowest BCUT2D eigenvalue weighted by atomic mass is 10.3. The maximum Gasteiger partial charge on any atom is 0.324 e. The highest BCUT2D eigenvalue weighted by Crippen LogP contribution is 2.21. The van der Waals surface area contributed by atoms with Crippen LogP contribution in [0.15, 0.2) is 0 Å². The van der Waals surface area contributed by atoms with Crippen LogP contribution in [0.2, 0.25) is 0 Å². The zero-order valence-electron chi connectivity index (χ0n) is 7.03. The van der Waals surface area contributed by atoms with Gasteiger partial charge in [-0.2, -0.15) is 12.6 Å². The average Bonchev–Trinajstić information content (AvgIpc) is 2.55. The van der Waals surface area contributed by atoms with Gasteiger partial charge in [-0.1, -0.05) is 0 Å². The Morgan fingerprint density at radius 3 is 2.67 bits per heavy atom. The number of thiol groups is 1. The molecular weight excluding hydrogens is 174 g/mol. The fraction of sp³-hybridized carbons (Fsp3) is 0.875. The third-order valence-corrected chi connectivity index (χ3v) is 2.48.